The molecule has 100 valence electrons. The van der Waals surface area contributed by atoms with E-state index < -0.39 is 0 Å². The van der Waals surface area contributed by atoms with Gasteiger partial charge in [-0.3, -0.25) is 4.79 Å². The largest absolute Gasteiger partial charge is 0.325 e. The van der Waals surface area contributed by atoms with Gasteiger partial charge in [0.1, 0.15) is 6.54 Å². The highest BCUT2D eigenvalue weighted by Crippen LogP contribution is 2.28. The van der Waals surface area contributed by atoms with Crippen LogP contribution in [-0.4, -0.2) is 17.4 Å². The summed E-state index contributed by atoms with van der Waals surface area (Å²) in [7, 11) is 0. The number of hydrogen-bond donors (Lipinski definition) is 0. The summed E-state index contributed by atoms with van der Waals surface area (Å²) in [6.45, 7) is 0.723. The van der Waals surface area contributed by atoms with E-state index in [1.165, 1.54) is 12.8 Å². The Bertz CT molecular complexity index is 444. The molecule has 1 aliphatic rings. The lowest BCUT2D eigenvalue weighted by Crippen LogP contribution is -2.32. The zero-order valence-corrected chi connectivity index (χ0v) is 11.2. The maximum absolute atomic E-state index is 12.3. The molecule has 2 rings (SSSR count). The number of carbonyl (C=O) groups is 1. The zero-order chi connectivity index (χ0) is 13.5. The van der Waals surface area contributed by atoms with E-state index in [4.69, 9.17) is 5.26 Å². The summed E-state index contributed by atoms with van der Waals surface area (Å²) in [5.41, 5.74) is 1.08. The van der Waals surface area contributed by atoms with Crippen molar-refractivity contribution in [1.29, 1.82) is 5.26 Å². The van der Waals surface area contributed by atoms with Crippen molar-refractivity contribution in [2.75, 3.05) is 6.54 Å². The van der Waals surface area contributed by atoms with Crippen LogP contribution in [-0.2, 0) is 11.3 Å². The first-order chi connectivity index (χ1) is 9.29. The second-order valence-corrected chi connectivity index (χ2v) is 5.25. The fourth-order valence-electron chi connectivity index (χ4n) is 2.71. The van der Waals surface area contributed by atoms with Crippen molar-refractivity contribution in [2.45, 2.75) is 38.6 Å². The van der Waals surface area contributed by atoms with E-state index in [-0.39, 0.29) is 12.5 Å². The summed E-state index contributed by atoms with van der Waals surface area (Å²) < 4.78 is 0. The van der Waals surface area contributed by atoms with Crippen molar-refractivity contribution < 1.29 is 4.79 Å². The third-order valence-electron chi connectivity index (χ3n) is 3.77. The summed E-state index contributed by atoms with van der Waals surface area (Å²) >= 11 is 0. The van der Waals surface area contributed by atoms with Gasteiger partial charge in [0.05, 0.1) is 6.07 Å². The molecule has 0 N–H and O–H groups in total. The quantitative estimate of drug-likeness (QED) is 0.760. The van der Waals surface area contributed by atoms with Gasteiger partial charge in [0.15, 0.2) is 0 Å². The number of rotatable bonds is 5. The van der Waals surface area contributed by atoms with Gasteiger partial charge in [0, 0.05) is 13.0 Å². The molecule has 0 heterocycles. The number of nitrogens with zero attached hydrogens (tertiary/aromatic N) is 2. The van der Waals surface area contributed by atoms with E-state index in [0.717, 1.165) is 18.4 Å². The zero-order valence-electron chi connectivity index (χ0n) is 11.2. The van der Waals surface area contributed by atoms with E-state index in [0.29, 0.717) is 18.9 Å². The maximum atomic E-state index is 12.3. The Morgan fingerprint density at radius 3 is 2.58 bits per heavy atom. The van der Waals surface area contributed by atoms with Crippen LogP contribution in [0.25, 0.3) is 0 Å². The topological polar surface area (TPSA) is 44.1 Å². The minimum absolute atomic E-state index is 0.123. The number of carbonyl (C=O) groups excluding carboxylic acids is 1. The smallest absolute Gasteiger partial charge is 0.224 e. The Morgan fingerprint density at radius 2 is 1.95 bits per heavy atom. The molecule has 0 bridgehead atoms. The normalized spacial score (nSPS) is 15.1. The van der Waals surface area contributed by atoms with Gasteiger partial charge < -0.3 is 4.90 Å². The molecule has 0 aromatic heterocycles. The Morgan fingerprint density at radius 1 is 1.26 bits per heavy atom. The van der Waals surface area contributed by atoms with Gasteiger partial charge in [0.25, 0.3) is 0 Å². The summed E-state index contributed by atoms with van der Waals surface area (Å²) in [6.07, 6.45) is 5.42. The molecule has 1 saturated carbocycles. The second kappa shape index (κ2) is 6.94. The number of nitriles is 1. The van der Waals surface area contributed by atoms with Gasteiger partial charge in [0.2, 0.25) is 5.91 Å². The van der Waals surface area contributed by atoms with Crippen molar-refractivity contribution in [3.63, 3.8) is 0 Å². The molecule has 1 aliphatic carbocycles. The van der Waals surface area contributed by atoms with Gasteiger partial charge in [-0.05, 0) is 24.3 Å². The van der Waals surface area contributed by atoms with E-state index in [1.54, 1.807) is 4.90 Å². The van der Waals surface area contributed by atoms with Crippen LogP contribution in [0, 0.1) is 17.2 Å². The van der Waals surface area contributed by atoms with E-state index in [2.05, 4.69) is 6.07 Å². The number of amides is 1. The van der Waals surface area contributed by atoms with Crippen LogP contribution in [0.2, 0.25) is 0 Å². The second-order valence-electron chi connectivity index (χ2n) is 5.25. The Hall–Kier alpha value is -1.82. The molecule has 19 heavy (non-hydrogen) atoms. The monoisotopic (exact) mass is 256 g/mol. The highest BCUT2D eigenvalue weighted by Gasteiger charge is 2.22. The summed E-state index contributed by atoms with van der Waals surface area (Å²) in [4.78, 5) is 13.9. The first-order valence-electron chi connectivity index (χ1n) is 6.98. The first-order valence-corrected chi connectivity index (χ1v) is 6.98. The molecular formula is C16H20N2O. The predicted octanol–water partition coefficient (Wildman–Crippen LogP) is 3.12. The molecule has 1 amide bonds. The van der Waals surface area contributed by atoms with E-state index in [1.807, 2.05) is 30.3 Å². The maximum Gasteiger partial charge on any atom is 0.224 e. The standard InChI is InChI=1S/C16H20N2O/c17-10-11-18(13-15-8-2-1-3-9-15)16(19)12-14-6-4-5-7-14/h1-3,8-9,14H,4-7,11-13H2. The average molecular weight is 256 g/mol. The van der Waals surface area contributed by atoms with Gasteiger partial charge >= 0.3 is 0 Å². The lowest BCUT2D eigenvalue weighted by atomic mass is 10.0. The van der Waals surface area contributed by atoms with Crippen LogP contribution in [0.4, 0.5) is 0 Å². The van der Waals surface area contributed by atoms with Crippen molar-refractivity contribution in [1.82, 2.24) is 4.90 Å². The molecule has 0 aliphatic heterocycles. The molecule has 0 atom stereocenters. The summed E-state index contributed by atoms with van der Waals surface area (Å²) in [5.74, 6) is 0.654. The van der Waals surface area contributed by atoms with E-state index in [9.17, 15) is 4.79 Å². The van der Waals surface area contributed by atoms with Crippen molar-refractivity contribution in [3.05, 3.63) is 35.9 Å². The van der Waals surface area contributed by atoms with E-state index >= 15 is 0 Å². The highest BCUT2D eigenvalue weighted by molar-refractivity contribution is 5.76. The summed E-state index contributed by atoms with van der Waals surface area (Å²) in [6, 6.07) is 12.0. The van der Waals surface area contributed by atoms with Crippen LogP contribution >= 0.6 is 0 Å². The highest BCUT2D eigenvalue weighted by atomic mass is 16.2. The molecular weight excluding hydrogens is 236 g/mol. The molecule has 1 aromatic rings. The van der Waals surface area contributed by atoms with Gasteiger partial charge in [-0.25, -0.2) is 0 Å². The summed E-state index contributed by atoms with van der Waals surface area (Å²) in [5, 5.41) is 8.88. The van der Waals surface area contributed by atoms with Crippen LogP contribution < -0.4 is 0 Å². The third kappa shape index (κ3) is 4.10. The van der Waals surface area contributed by atoms with Gasteiger partial charge in [-0.1, -0.05) is 43.2 Å². The Balaban J connectivity index is 1.94. The Labute approximate surface area is 114 Å². The Kier molecular flexibility index (Phi) is 4.97. The fourth-order valence-corrected chi connectivity index (χ4v) is 2.71. The average Bonchev–Trinajstić information content (AvgIpc) is 2.92. The molecule has 1 aromatic carbocycles. The first kappa shape index (κ1) is 13.6. The van der Waals surface area contributed by atoms with Gasteiger partial charge in [-0.2, -0.15) is 5.26 Å². The van der Waals surface area contributed by atoms with Crippen LogP contribution in [0.3, 0.4) is 0 Å². The third-order valence-corrected chi connectivity index (χ3v) is 3.77. The lowest BCUT2D eigenvalue weighted by Gasteiger charge is -2.21. The molecule has 0 radical (unpaired) electrons. The van der Waals surface area contributed by atoms with Crippen molar-refractivity contribution in [3.8, 4) is 6.07 Å². The van der Waals surface area contributed by atoms with Gasteiger partial charge in [-0.15, -0.1) is 0 Å². The molecule has 0 saturated heterocycles. The molecule has 3 nitrogen and oxygen atoms in total. The minimum Gasteiger partial charge on any atom is -0.325 e. The lowest BCUT2D eigenvalue weighted by molar-refractivity contribution is -0.132. The minimum atomic E-state index is 0.123. The van der Waals surface area contributed by atoms with Crippen molar-refractivity contribution in [2.24, 2.45) is 5.92 Å². The van der Waals surface area contributed by atoms with Crippen molar-refractivity contribution >= 4 is 5.91 Å². The molecule has 1 fully saturated rings. The SMILES string of the molecule is N#CCN(Cc1ccccc1)C(=O)CC1CCCC1. The predicted molar refractivity (Wildman–Crippen MR) is 74.0 cm³/mol. The van der Waals surface area contributed by atoms with Crippen LogP contribution in [0.1, 0.15) is 37.7 Å². The van der Waals surface area contributed by atoms with Crippen LogP contribution in [0.15, 0.2) is 30.3 Å². The van der Waals surface area contributed by atoms with Crippen LogP contribution in [0.5, 0.6) is 0 Å². The number of hydrogen-bond acceptors (Lipinski definition) is 2. The molecule has 0 unspecified atom stereocenters. The fraction of sp³-hybridized carbons (Fsp3) is 0.500. The molecule has 0 spiro atoms. The number of benzene rings is 1. The molecule has 3 heteroatoms.